The molecule has 1 saturated heterocycles. The van der Waals surface area contributed by atoms with E-state index < -0.39 is 0 Å². The first kappa shape index (κ1) is 10.7. The number of hydrogen-bond donors (Lipinski definition) is 0. The first-order valence-electron chi connectivity index (χ1n) is 5.47. The fraction of sp³-hybridized carbons (Fsp3) is 0.667. The van der Waals surface area contributed by atoms with Crippen LogP contribution < -0.4 is 0 Å². The van der Waals surface area contributed by atoms with Gasteiger partial charge in [0, 0.05) is 31.0 Å². The Labute approximate surface area is 91.0 Å². The molecule has 2 unspecified atom stereocenters. The van der Waals surface area contributed by atoms with Crippen molar-refractivity contribution in [2.45, 2.75) is 26.5 Å². The summed E-state index contributed by atoms with van der Waals surface area (Å²) in [5, 5.41) is 0. The Hall–Kier alpha value is -0.800. The molecule has 3 nitrogen and oxygen atoms in total. The smallest absolute Gasteiger partial charge is 0.107 e. The number of nitrogens with zero attached hydrogens (tertiary/aromatic N) is 1. The molecule has 84 valence electrons. The van der Waals surface area contributed by atoms with Gasteiger partial charge in [0.05, 0.1) is 13.2 Å². The van der Waals surface area contributed by atoms with E-state index in [-0.39, 0.29) is 11.5 Å². The van der Waals surface area contributed by atoms with Crippen LogP contribution in [0.15, 0.2) is 18.3 Å². The van der Waals surface area contributed by atoms with Crippen molar-refractivity contribution in [3.8, 4) is 0 Å². The first-order chi connectivity index (χ1) is 7.21. The summed E-state index contributed by atoms with van der Waals surface area (Å²) in [4.78, 5) is 0. The number of aromatic nitrogens is 1. The van der Waals surface area contributed by atoms with Crippen LogP contribution in [-0.4, -0.2) is 24.9 Å². The van der Waals surface area contributed by atoms with Gasteiger partial charge in [0.2, 0.25) is 0 Å². The van der Waals surface area contributed by atoms with E-state index in [0.717, 1.165) is 19.8 Å². The molecule has 0 saturated carbocycles. The highest BCUT2D eigenvalue weighted by atomic mass is 16.5. The summed E-state index contributed by atoms with van der Waals surface area (Å²) in [6.45, 7) is 6.91. The van der Waals surface area contributed by atoms with E-state index in [1.54, 1.807) is 7.11 Å². The van der Waals surface area contributed by atoms with Crippen LogP contribution in [0.3, 0.4) is 0 Å². The van der Waals surface area contributed by atoms with Gasteiger partial charge in [-0.05, 0) is 19.1 Å². The Morgan fingerprint density at radius 1 is 1.67 bits per heavy atom. The van der Waals surface area contributed by atoms with Crippen molar-refractivity contribution in [2.75, 3.05) is 20.3 Å². The lowest BCUT2D eigenvalue weighted by atomic mass is 9.79. The topological polar surface area (TPSA) is 23.4 Å². The highest BCUT2D eigenvalue weighted by Gasteiger charge is 2.46. The molecule has 0 aliphatic carbocycles. The summed E-state index contributed by atoms with van der Waals surface area (Å²) in [7, 11) is 1.75. The Morgan fingerprint density at radius 3 is 3.00 bits per heavy atom. The second-order valence-corrected chi connectivity index (χ2v) is 4.50. The molecule has 0 N–H and O–H groups in total. The normalized spacial score (nSPS) is 30.2. The quantitative estimate of drug-likeness (QED) is 0.759. The van der Waals surface area contributed by atoms with E-state index in [1.807, 2.05) is 0 Å². The summed E-state index contributed by atoms with van der Waals surface area (Å²) in [5.41, 5.74) is 1.41. The Morgan fingerprint density at radius 2 is 2.47 bits per heavy atom. The van der Waals surface area contributed by atoms with Crippen LogP contribution in [-0.2, 0) is 16.0 Å². The van der Waals surface area contributed by atoms with Gasteiger partial charge in [0.1, 0.15) is 6.10 Å². The van der Waals surface area contributed by atoms with Gasteiger partial charge >= 0.3 is 0 Å². The second-order valence-electron chi connectivity index (χ2n) is 4.50. The van der Waals surface area contributed by atoms with Gasteiger partial charge in [-0.1, -0.05) is 6.92 Å². The molecule has 0 bridgehead atoms. The second kappa shape index (κ2) is 3.99. The van der Waals surface area contributed by atoms with E-state index >= 15 is 0 Å². The van der Waals surface area contributed by atoms with E-state index in [0.29, 0.717) is 0 Å². The molecule has 1 fully saturated rings. The lowest BCUT2D eigenvalue weighted by molar-refractivity contribution is -0.205. The lowest BCUT2D eigenvalue weighted by Crippen LogP contribution is -2.47. The number of ether oxygens (including phenoxy) is 2. The van der Waals surface area contributed by atoms with Crippen molar-refractivity contribution in [3.05, 3.63) is 24.0 Å². The Balaban J connectivity index is 2.18. The molecule has 1 aromatic rings. The summed E-state index contributed by atoms with van der Waals surface area (Å²) >= 11 is 0. The maximum Gasteiger partial charge on any atom is 0.107 e. The SMILES string of the molecule is CCn1cccc1C1OCC1(C)COC. The minimum atomic E-state index is 0.139. The van der Waals surface area contributed by atoms with Crippen LogP contribution in [0.5, 0.6) is 0 Å². The van der Waals surface area contributed by atoms with Crippen molar-refractivity contribution in [3.63, 3.8) is 0 Å². The monoisotopic (exact) mass is 209 g/mol. The van der Waals surface area contributed by atoms with Gasteiger partial charge < -0.3 is 14.0 Å². The molecule has 1 aliphatic rings. The zero-order valence-electron chi connectivity index (χ0n) is 9.69. The molecule has 2 rings (SSSR count). The van der Waals surface area contributed by atoms with Crippen molar-refractivity contribution in [2.24, 2.45) is 5.41 Å². The largest absolute Gasteiger partial charge is 0.384 e. The van der Waals surface area contributed by atoms with Gasteiger partial charge in [-0.15, -0.1) is 0 Å². The molecule has 3 heteroatoms. The van der Waals surface area contributed by atoms with Gasteiger partial charge in [-0.3, -0.25) is 0 Å². The number of aryl methyl sites for hydroxylation is 1. The molecule has 2 heterocycles. The highest BCUT2D eigenvalue weighted by molar-refractivity contribution is 5.16. The fourth-order valence-corrected chi connectivity index (χ4v) is 2.29. The molecular weight excluding hydrogens is 190 g/mol. The van der Waals surface area contributed by atoms with Crippen LogP contribution in [0.4, 0.5) is 0 Å². The van der Waals surface area contributed by atoms with E-state index in [9.17, 15) is 0 Å². The van der Waals surface area contributed by atoms with Crippen LogP contribution in [0.2, 0.25) is 0 Å². The molecule has 1 aromatic heterocycles. The predicted octanol–water partition coefficient (Wildman–Crippen LogP) is 2.23. The molecule has 0 radical (unpaired) electrons. The zero-order valence-corrected chi connectivity index (χ0v) is 9.69. The standard InChI is InChI=1S/C12H19NO2/c1-4-13-7-5-6-10(13)11-12(2,8-14-3)9-15-11/h5-7,11H,4,8-9H2,1-3H3. The lowest BCUT2D eigenvalue weighted by Gasteiger charge is -2.46. The Bertz CT molecular complexity index is 334. The van der Waals surface area contributed by atoms with Crippen LogP contribution in [0, 0.1) is 5.41 Å². The number of hydrogen-bond acceptors (Lipinski definition) is 2. The van der Waals surface area contributed by atoms with Crippen molar-refractivity contribution in [1.82, 2.24) is 4.57 Å². The summed E-state index contributed by atoms with van der Waals surface area (Å²) in [5.74, 6) is 0. The Kier molecular flexibility index (Phi) is 2.85. The maximum absolute atomic E-state index is 5.68. The average Bonchev–Trinajstić information content (AvgIpc) is 2.64. The van der Waals surface area contributed by atoms with Gasteiger partial charge in [0.15, 0.2) is 0 Å². The van der Waals surface area contributed by atoms with Crippen LogP contribution in [0.25, 0.3) is 0 Å². The molecular formula is C12H19NO2. The maximum atomic E-state index is 5.68. The number of methoxy groups -OCH3 is 1. The molecule has 0 spiro atoms. The minimum Gasteiger partial charge on any atom is -0.384 e. The van der Waals surface area contributed by atoms with Gasteiger partial charge in [-0.2, -0.15) is 0 Å². The van der Waals surface area contributed by atoms with E-state index in [4.69, 9.17) is 9.47 Å². The summed E-state index contributed by atoms with van der Waals surface area (Å²) in [6, 6.07) is 4.22. The van der Waals surface area contributed by atoms with Crippen molar-refractivity contribution < 1.29 is 9.47 Å². The fourth-order valence-electron chi connectivity index (χ4n) is 2.29. The molecule has 0 aromatic carbocycles. The van der Waals surface area contributed by atoms with Crippen LogP contribution in [0.1, 0.15) is 25.6 Å². The zero-order chi connectivity index (χ0) is 10.9. The predicted molar refractivity (Wildman–Crippen MR) is 58.8 cm³/mol. The average molecular weight is 209 g/mol. The molecule has 0 amide bonds. The highest BCUT2D eigenvalue weighted by Crippen LogP contribution is 2.46. The van der Waals surface area contributed by atoms with Gasteiger partial charge in [-0.25, -0.2) is 0 Å². The minimum absolute atomic E-state index is 0.139. The molecule has 15 heavy (non-hydrogen) atoms. The summed E-state index contributed by atoms with van der Waals surface area (Å²) < 4.78 is 13.2. The van der Waals surface area contributed by atoms with Crippen molar-refractivity contribution in [1.29, 1.82) is 0 Å². The van der Waals surface area contributed by atoms with E-state index in [1.165, 1.54) is 5.69 Å². The number of rotatable bonds is 4. The first-order valence-corrected chi connectivity index (χ1v) is 5.47. The molecule has 1 aliphatic heterocycles. The van der Waals surface area contributed by atoms with Gasteiger partial charge in [0.25, 0.3) is 0 Å². The molecule has 2 atom stereocenters. The third kappa shape index (κ3) is 1.70. The summed E-state index contributed by atoms with van der Waals surface area (Å²) in [6.07, 6.45) is 2.29. The van der Waals surface area contributed by atoms with Crippen LogP contribution >= 0.6 is 0 Å². The van der Waals surface area contributed by atoms with Crippen molar-refractivity contribution >= 4 is 0 Å². The van der Waals surface area contributed by atoms with E-state index in [2.05, 4.69) is 36.7 Å². The third-order valence-electron chi connectivity index (χ3n) is 3.16. The third-order valence-corrected chi connectivity index (χ3v) is 3.16.